The molecule has 8 heteroatoms. The lowest BCUT2D eigenvalue weighted by atomic mass is 9.97. The van der Waals surface area contributed by atoms with Crippen LogP contribution in [0.5, 0.6) is 0 Å². The number of amides is 1. The van der Waals surface area contributed by atoms with Gasteiger partial charge in [0, 0.05) is 36.0 Å². The summed E-state index contributed by atoms with van der Waals surface area (Å²) in [5.74, 6) is 0.575. The Morgan fingerprint density at radius 1 is 1.20 bits per heavy atom. The molecule has 3 aromatic heterocycles. The van der Waals surface area contributed by atoms with Gasteiger partial charge in [-0.05, 0) is 30.7 Å². The summed E-state index contributed by atoms with van der Waals surface area (Å²) in [7, 11) is 0. The SMILES string of the molecule is CC1=C(C(N)=O)[C@H](c2cccnc2)n2nc(-c3ccncc3)nc2N1. The summed E-state index contributed by atoms with van der Waals surface area (Å²) in [5, 5.41) is 7.70. The highest BCUT2D eigenvalue weighted by Crippen LogP contribution is 2.35. The zero-order chi connectivity index (χ0) is 17.4. The summed E-state index contributed by atoms with van der Waals surface area (Å²) in [4.78, 5) is 24.8. The fourth-order valence-corrected chi connectivity index (χ4v) is 2.94. The minimum Gasteiger partial charge on any atom is -0.366 e. The first-order chi connectivity index (χ1) is 12.1. The van der Waals surface area contributed by atoms with Gasteiger partial charge in [-0.15, -0.1) is 5.10 Å². The van der Waals surface area contributed by atoms with Crippen molar-refractivity contribution in [1.82, 2.24) is 24.7 Å². The van der Waals surface area contributed by atoms with Crippen LogP contribution in [-0.4, -0.2) is 30.6 Å². The molecule has 25 heavy (non-hydrogen) atoms. The molecule has 1 aliphatic heterocycles. The van der Waals surface area contributed by atoms with Gasteiger partial charge in [-0.25, -0.2) is 4.68 Å². The Kier molecular flexibility index (Phi) is 3.50. The number of nitrogens with two attached hydrogens (primary N) is 1. The molecule has 0 spiro atoms. The van der Waals surface area contributed by atoms with Gasteiger partial charge in [-0.3, -0.25) is 14.8 Å². The molecule has 4 rings (SSSR count). The predicted octanol–water partition coefficient (Wildman–Crippen LogP) is 1.51. The van der Waals surface area contributed by atoms with E-state index >= 15 is 0 Å². The Hall–Kier alpha value is -3.55. The molecular formula is C17H15N7O. The molecule has 0 bridgehead atoms. The standard InChI is InChI=1S/C17H15N7O/c1-10-13(15(18)25)14(12-3-2-6-20-9-12)24-17(21-10)22-16(23-24)11-4-7-19-8-5-11/h2-9,14H,1H3,(H2,18,25)(H,21,22,23)/t14-/m0/s1. The maximum Gasteiger partial charge on any atom is 0.248 e. The normalized spacial score (nSPS) is 16.3. The summed E-state index contributed by atoms with van der Waals surface area (Å²) in [6.07, 6.45) is 6.74. The van der Waals surface area contributed by atoms with Crippen LogP contribution in [0.1, 0.15) is 18.5 Å². The molecule has 3 aromatic rings. The first-order valence-electron chi connectivity index (χ1n) is 7.69. The molecule has 0 aliphatic carbocycles. The van der Waals surface area contributed by atoms with Gasteiger partial charge in [0.2, 0.25) is 11.9 Å². The van der Waals surface area contributed by atoms with E-state index in [1.165, 1.54) is 0 Å². The van der Waals surface area contributed by atoms with Crippen molar-refractivity contribution in [2.24, 2.45) is 5.73 Å². The number of carbonyl (C=O) groups excluding carboxylic acids is 1. The van der Waals surface area contributed by atoms with Crippen molar-refractivity contribution in [3.63, 3.8) is 0 Å². The van der Waals surface area contributed by atoms with Crippen molar-refractivity contribution in [3.05, 3.63) is 65.9 Å². The number of rotatable bonds is 3. The van der Waals surface area contributed by atoms with Crippen LogP contribution in [0.4, 0.5) is 5.95 Å². The molecule has 0 saturated carbocycles. The molecular weight excluding hydrogens is 318 g/mol. The first-order valence-corrected chi connectivity index (χ1v) is 7.69. The highest BCUT2D eigenvalue weighted by molar-refractivity contribution is 5.95. The van der Waals surface area contributed by atoms with Gasteiger partial charge in [0.25, 0.3) is 0 Å². The second kappa shape index (κ2) is 5.82. The lowest BCUT2D eigenvalue weighted by Crippen LogP contribution is -2.31. The third kappa shape index (κ3) is 2.53. The van der Waals surface area contributed by atoms with E-state index in [-0.39, 0.29) is 0 Å². The fraction of sp³-hybridized carbons (Fsp3) is 0.118. The van der Waals surface area contributed by atoms with Crippen LogP contribution >= 0.6 is 0 Å². The van der Waals surface area contributed by atoms with Gasteiger partial charge < -0.3 is 11.1 Å². The second-order valence-electron chi connectivity index (χ2n) is 5.66. The molecule has 0 fully saturated rings. The van der Waals surface area contributed by atoms with E-state index in [0.717, 1.165) is 11.1 Å². The zero-order valence-corrected chi connectivity index (χ0v) is 13.4. The minimum absolute atomic E-state index is 0.437. The Bertz CT molecular complexity index is 963. The monoisotopic (exact) mass is 333 g/mol. The van der Waals surface area contributed by atoms with Crippen LogP contribution < -0.4 is 11.1 Å². The largest absolute Gasteiger partial charge is 0.366 e. The number of fused-ring (bicyclic) bond motifs is 1. The molecule has 0 radical (unpaired) electrons. The van der Waals surface area contributed by atoms with E-state index in [9.17, 15) is 4.79 Å². The Labute approximate surface area is 143 Å². The number of primary amides is 1. The Morgan fingerprint density at radius 2 is 2.00 bits per heavy atom. The molecule has 0 saturated heterocycles. The lowest BCUT2D eigenvalue weighted by Gasteiger charge is -2.27. The van der Waals surface area contributed by atoms with E-state index in [2.05, 4.69) is 25.4 Å². The van der Waals surface area contributed by atoms with Crippen LogP contribution in [0.15, 0.2) is 60.3 Å². The number of allylic oxidation sites excluding steroid dienone is 1. The summed E-state index contributed by atoms with van der Waals surface area (Å²) in [6, 6.07) is 6.87. The average Bonchev–Trinajstić information content (AvgIpc) is 3.05. The average molecular weight is 333 g/mol. The third-order valence-corrected chi connectivity index (χ3v) is 4.06. The maximum atomic E-state index is 12.1. The van der Waals surface area contributed by atoms with Crippen LogP contribution in [0.2, 0.25) is 0 Å². The van der Waals surface area contributed by atoms with Gasteiger partial charge in [0.05, 0.1) is 5.57 Å². The molecule has 1 aliphatic rings. The topological polar surface area (TPSA) is 112 Å². The van der Waals surface area contributed by atoms with Crippen LogP contribution in [0.25, 0.3) is 11.4 Å². The number of nitrogens with zero attached hydrogens (tertiary/aromatic N) is 5. The van der Waals surface area contributed by atoms with Gasteiger partial charge in [0.1, 0.15) is 6.04 Å². The molecule has 0 unspecified atom stereocenters. The molecule has 1 atom stereocenters. The van der Waals surface area contributed by atoms with Crippen LogP contribution in [0.3, 0.4) is 0 Å². The number of nitrogens with one attached hydrogen (secondary N) is 1. The van der Waals surface area contributed by atoms with E-state index in [0.29, 0.717) is 23.0 Å². The Morgan fingerprint density at radius 3 is 2.68 bits per heavy atom. The lowest BCUT2D eigenvalue weighted by molar-refractivity contribution is -0.115. The van der Waals surface area contributed by atoms with Crippen molar-refractivity contribution >= 4 is 11.9 Å². The number of aromatic nitrogens is 5. The van der Waals surface area contributed by atoms with E-state index in [1.807, 2.05) is 24.3 Å². The van der Waals surface area contributed by atoms with Gasteiger partial charge in [-0.1, -0.05) is 6.07 Å². The third-order valence-electron chi connectivity index (χ3n) is 4.06. The molecule has 124 valence electrons. The molecule has 3 N–H and O–H groups in total. The highest BCUT2D eigenvalue weighted by atomic mass is 16.1. The summed E-state index contributed by atoms with van der Waals surface area (Å²) >= 11 is 0. The number of carbonyl (C=O) groups is 1. The smallest absolute Gasteiger partial charge is 0.248 e. The number of pyridine rings is 2. The van der Waals surface area contributed by atoms with E-state index in [4.69, 9.17) is 5.73 Å². The summed E-state index contributed by atoms with van der Waals surface area (Å²) in [5.41, 5.74) is 8.37. The van der Waals surface area contributed by atoms with Crippen molar-refractivity contribution in [2.45, 2.75) is 13.0 Å². The molecule has 1 amide bonds. The second-order valence-corrected chi connectivity index (χ2v) is 5.66. The van der Waals surface area contributed by atoms with E-state index in [1.54, 1.807) is 36.4 Å². The quantitative estimate of drug-likeness (QED) is 0.751. The Balaban J connectivity index is 1.89. The van der Waals surface area contributed by atoms with Gasteiger partial charge in [0.15, 0.2) is 5.82 Å². The summed E-state index contributed by atoms with van der Waals surface area (Å²) < 4.78 is 1.67. The van der Waals surface area contributed by atoms with Gasteiger partial charge >= 0.3 is 0 Å². The number of hydrogen-bond acceptors (Lipinski definition) is 6. The highest BCUT2D eigenvalue weighted by Gasteiger charge is 2.33. The summed E-state index contributed by atoms with van der Waals surface area (Å²) in [6.45, 7) is 1.80. The van der Waals surface area contributed by atoms with E-state index < -0.39 is 11.9 Å². The van der Waals surface area contributed by atoms with Crippen molar-refractivity contribution in [1.29, 1.82) is 0 Å². The minimum atomic E-state index is -0.509. The molecule has 8 nitrogen and oxygen atoms in total. The van der Waals surface area contributed by atoms with Crippen LogP contribution in [-0.2, 0) is 4.79 Å². The van der Waals surface area contributed by atoms with Crippen molar-refractivity contribution in [3.8, 4) is 11.4 Å². The zero-order valence-electron chi connectivity index (χ0n) is 13.4. The van der Waals surface area contributed by atoms with Crippen molar-refractivity contribution in [2.75, 3.05) is 5.32 Å². The van der Waals surface area contributed by atoms with Gasteiger partial charge in [-0.2, -0.15) is 4.98 Å². The van der Waals surface area contributed by atoms with Crippen molar-refractivity contribution < 1.29 is 4.79 Å². The molecule has 0 aromatic carbocycles. The number of anilines is 1. The fourth-order valence-electron chi connectivity index (χ4n) is 2.94. The predicted molar refractivity (Wildman–Crippen MR) is 91.1 cm³/mol. The first kappa shape index (κ1) is 15.0. The van der Waals surface area contributed by atoms with Crippen LogP contribution in [0, 0.1) is 0 Å². The molecule has 4 heterocycles. The maximum absolute atomic E-state index is 12.1. The number of hydrogen-bond donors (Lipinski definition) is 2.